The summed E-state index contributed by atoms with van der Waals surface area (Å²) in [5.41, 5.74) is 0.168. The van der Waals surface area contributed by atoms with E-state index in [0.717, 1.165) is 15.8 Å². The Morgan fingerprint density at radius 3 is 2.68 bits per heavy atom. The summed E-state index contributed by atoms with van der Waals surface area (Å²) in [4.78, 5) is 13.5. The number of hydrogen-bond acceptors (Lipinski definition) is 3. The normalized spacial score (nSPS) is 10.4. The van der Waals surface area contributed by atoms with Crippen LogP contribution >= 0.6 is 27.3 Å². The van der Waals surface area contributed by atoms with Gasteiger partial charge in [0.1, 0.15) is 17.9 Å². The second-order valence-corrected chi connectivity index (χ2v) is 6.12. The number of hydrogen-bond donors (Lipinski definition) is 1. The lowest BCUT2D eigenvalue weighted by Crippen LogP contribution is -2.02. The van der Waals surface area contributed by atoms with Crippen LogP contribution in [0.15, 0.2) is 34.8 Å². The van der Waals surface area contributed by atoms with E-state index in [-0.39, 0.29) is 5.56 Å². The summed E-state index contributed by atoms with van der Waals surface area (Å²) < 4.78 is 6.33. The topological polar surface area (TPSA) is 46.5 Å². The first-order valence-corrected chi connectivity index (χ1v) is 7.44. The number of carboxylic acid groups (broad SMARTS) is 1. The SMILES string of the molecule is CCc1ccc(COc2ccc(Br)cc2C(=O)O)s1. The highest BCUT2D eigenvalue weighted by molar-refractivity contribution is 9.10. The monoisotopic (exact) mass is 340 g/mol. The molecular formula is C14H13BrO3S. The maximum atomic E-state index is 11.1. The zero-order valence-corrected chi connectivity index (χ0v) is 12.8. The third kappa shape index (κ3) is 3.58. The molecule has 19 heavy (non-hydrogen) atoms. The molecule has 0 atom stereocenters. The summed E-state index contributed by atoms with van der Waals surface area (Å²) in [6.45, 7) is 2.50. The third-order valence-electron chi connectivity index (χ3n) is 2.61. The molecule has 2 aromatic rings. The van der Waals surface area contributed by atoms with Gasteiger partial charge in [-0.3, -0.25) is 0 Å². The molecule has 0 aliphatic carbocycles. The Balaban J connectivity index is 2.12. The number of thiophene rings is 1. The Kier molecular flexibility index (Phi) is 4.61. The molecule has 0 fully saturated rings. The van der Waals surface area contributed by atoms with E-state index in [1.807, 2.05) is 6.07 Å². The van der Waals surface area contributed by atoms with Gasteiger partial charge in [-0.1, -0.05) is 22.9 Å². The van der Waals surface area contributed by atoms with Crippen LogP contribution in [-0.2, 0) is 13.0 Å². The van der Waals surface area contributed by atoms with Gasteiger partial charge >= 0.3 is 5.97 Å². The van der Waals surface area contributed by atoms with Gasteiger partial charge in [0.25, 0.3) is 0 Å². The van der Waals surface area contributed by atoms with Crippen LogP contribution in [-0.4, -0.2) is 11.1 Å². The summed E-state index contributed by atoms with van der Waals surface area (Å²) in [5.74, 6) is -0.598. The second kappa shape index (κ2) is 6.21. The van der Waals surface area contributed by atoms with Crippen molar-refractivity contribution >= 4 is 33.2 Å². The second-order valence-electron chi connectivity index (χ2n) is 3.96. The van der Waals surface area contributed by atoms with Gasteiger partial charge < -0.3 is 9.84 Å². The Bertz CT molecular complexity index is 592. The van der Waals surface area contributed by atoms with Crippen molar-refractivity contribution in [2.24, 2.45) is 0 Å². The first kappa shape index (κ1) is 14.1. The molecule has 0 bridgehead atoms. The number of aryl methyl sites for hydroxylation is 1. The highest BCUT2D eigenvalue weighted by Crippen LogP contribution is 2.25. The van der Waals surface area contributed by atoms with Crippen molar-refractivity contribution in [3.05, 3.63) is 50.1 Å². The van der Waals surface area contributed by atoms with E-state index in [0.29, 0.717) is 12.4 Å². The van der Waals surface area contributed by atoms with Crippen LogP contribution in [0.5, 0.6) is 5.75 Å². The highest BCUT2D eigenvalue weighted by atomic mass is 79.9. The van der Waals surface area contributed by atoms with Crippen molar-refractivity contribution in [2.75, 3.05) is 0 Å². The van der Waals surface area contributed by atoms with Crippen molar-refractivity contribution in [3.63, 3.8) is 0 Å². The molecule has 0 amide bonds. The van der Waals surface area contributed by atoms with Gasteiger partial charge in [-0.05, 0) is 36.8 Å². The molecule has 0 radical (unpaired) electrons. The molecule has 5 heteroatoms. The van der Waals surface area contributed by atoms with Gasteiger partial charge in [0, 0.05) is 14.2 Å². The lowest BCUT2D eigenvalue weighted by atomic mass is 10.2. The maximum Gasteiger partial charge on any atom is 0.339 e. The van der Waals surface area contributed by atoms with E-state index in [2.05, 4.69) is 28.9 Å². The smallest absolute Gasteiger partial charge is 0.339 e. The summed E-state index contributed by atoms with van der Waals surface area (Å²) in [5, 5.41) is 9.13. The molecule has 1 N–H and O–H groups in total. The van der Waals surface area contributed by atoms with E-state index >= 15 is 0 Å². The summed E-state index contributed by atoms with van der Waals surface area (Å²) in [6, 6.07) is 9.07. The molecule has 1 aromatic heterocycles. The fourth-order valence-electron chi connectivity index (χ4n) is 1.63. The molecule has 0 unspecified atom stereocenters. The van der Waals surface area contributed by atoms with Crippen LogP contribution in [0, 0.1) is 0 Å². The van der Waals surface area contributed by atoms with Crippen molar-refractivity contribution in [1.29, 1.82) is 0 Å². The molecule has 0 spiro atoms. The molecule has 2 rings (SSSR count). The van der Waals surface area contributed by atoms with Crippen LogP contribution in [0.2, 0.25) is 0 Å². The van der Waals surface area contributed by atoms with E-state index in [4.69, 9.17) is 9.84 Å². The maximum absolute atomic E-state index is 11.1. The van der Waals surface area contributed by atoms with Gasteiger partial charge in [0.15, 0.2) is 0 Å². The van der Waals surface area contributed by atoms with E-state index in [1.54, 1.807) is 29.5 Å². The summed E-state index contributed by atoms with van der Waals surface area (Å²) in [6.07, 6.45) is 1.00. The standard InChI is InChI=1S/C14H13BrO3S/c1-2-10-4-5-11(19-10)8-18-13-6-3-9(15)7-12(13)14(16)17/h3-7H,2,8H2,1H3,(H,16,17). The number of aromatic carboxylic acids is 1. The average Bonchev–Trinajstić information content (AvgIpc) is 2.85. The average molecular weight is 341 g/mol. The van der Waals surface area contributed by atoms with Crippen LogP contribution < -0.4 is 4.74 Å². The molecule has 0 saturated heterocycles. The van der Waals surface area contributed by atoms with Gasteiger partial charge in [-0.15, -0.1) is 11.3 Å². The van der Waals surface area contributed by atoms with E-state index in [9.17, 15) is 4.79 Å². The van der Waals surface area contributed by atoms with Crippen molar-refractivity contribution < 1.29 is 14.6 Å². The van der Waals surface area contributed by atoms with Crippen LogP contribution in [0.1, 0.15) is 27.0 Å². The third-order valence-corrected chi connectivity index (χ3v) is 4.30. The predicted molar refractivity (Wildman–Crippen MR) is 79.1 cm³/mol. The summed E-state index contributed by atoms with van der Waals surface area (Å²) in [7, 11) is 0. The predicted octanol–water partition coefficient (Wildman–Crippen LogP) is 4.35. The first-order chi connectivity index (χ1) is 9.10. The zero-order chi connectivity index (χ0) is 13.8. The van der Waals surface area contributed by atoms with E-state index in [1.165, 1.54) is 4.88 Å². The Morgan fingerprint density at radius 1 is 1.32 bits per heavy atom. The molecule has 1 aromatic carbocycles. The van der Waals surface area contributed by atoms with Gasteiger partial charge in [-0.2, -0.15) is 0 Å². The zero-order valence-electron chi connectivity index (χ0n) is 10.4. The fraction of sp³-hybridized carbons (Fsp3) is 0.214. The lowest BCUT2D eigenvalue weighted by molar-refractivity contribution is 0.0691. The van der Waals surface area contributed by atoms with Crippen molar-refractivity contribution in [2.45, 2.75) is 20.0 Å². The molecule has 0 saturated carbocycles. The molecule has 0 aliphatic rings. The molecule has 3 nitrogen and oxygen atoms in total. The van der Waals surface area contributed by atoms with Crippen LogP contribution in [0.4, 0.5) is 0 Å². The van der Waals surface area contributed by atoms with Crippen molar-refractivity contribution in [1.82, 2.24) is 0 Å². The minimum absolute atomic E-state index is 0.168. The highest BCUT2D eigenvalue weighted by Gasteiger charge is 2.12. The van der Waals surface area contributed by atoms with Crippen LogP contribution in [0.25, 0.3) is 0 Å². The quantitative estimate of drug-likeness (QED) is 0.879. The van der Waals surface area contributed by atoms with E-state index < -0.39 is 5.97 Å². The van der Waals surface area contributed by atoms with Crippen LogP contribution in [0.3, 0.4) is 0 Å². The molecule has 100 valence electrons. The van der Waals surface area contributed by atoms with Gasteiger partial charge in [0.05, 0.1) is 0 Å². The number of rotatable bonds is 5. The minimum atomic E-state index is -0.989. The number of ether oxygens (including phenoxy) is 1. The Labute approximate surface area is 124 Å². The minimum Gasteiger partial charge on any atom is -0.487 e. The largest absolute Gasteiger partial charge is 0.487 e. The summed E-state index contributed by atoms with van der Waals surface area (Å²) >= 11 is 4.94. The number of halogens is 1. The number of benzene rings is 1. The molecule has 1 heterocycles. The lowest BCUT2D eigenvalue weighted by Gasteiger charge is -2.08. The fourth-order valence-corrected chi connectivity index (χ4v) is 2.87. The molecular weight excluding hydrogens is 328 g/mol. The first-order valence-electron chi connectivity index (χ1n) is 5.83. The van der Waals surface area contributed by atoms with Gasteiger partial charge in [-0.25, -0.2) is 4.79 Å². The number of carboxylic acids is 1. The Morgan fingerprint density at radius 2 is 2.05 bits per heavy atom. The van der Waals surface area contributed by atoms with Crippen molar-refractivity contribution in [3.8, 4) is 5.75 Å². The molecule has 0 aliphatic heterocycles. The Hall–Kier alpha value is -1.33. The van der Waals surface area contributed by atoms with Gasteiger partial charge in [0.2, 0.25) is 0 Å². The number of carbonyl (C=O) groups is 1.